The Morgan fingerprint density at radius 1 is 1.13 bits per heavy atom. The predicted molar refractivity (Wildman–Crippen MR) is 104 cm³/mol. The predicted octanol–water partition coefficient (Wildman–Crippen LogP) is 2.78. The topological polar surface area (TPSA) is 46.1 Å². The minimum atomic E-state index is 0. The average molecular weight is 437 g/mol. The van der Waals surface area contributed by atoms with Crippen molar-refractivity contribution in [3.63, 3.8) is 0 Å². The van der Waals surface area contributed by atoms with E-state index in [1.54, 1.807) is 0 Å². The van der Waals surface area contributed by atoms with Gasteiger partial charge in [-0.2, -0.15) is 0 Å². The van der Waals surface area contributed by atoms with E-state index in [9.17, 15) is 0 Å². The lowest BCUT2D eigenvalue weighted by Gasteiger charge is -2.37. The van der Waals surface area contributed by atoms with Gasteiger partial charge >= 0.3 is 0 Å². The number of likely N-dealkylation sites (tertiary alicyclic amines) is 1. The zero-order chi connectivity index (χ0) is 15.2. The molecule has 0 aromatic heterocycles. The van der Waals surface area contributed by atoms with Crippen molar-refractivity contribution < 1.29 is 9.47 Å². The van der Waals surface area contributed by atoms with Gasteiger partial charge in [-0.1, -0.05) is 0 Å². The molecule has 2 aliphatic heterocycles. The smallest absolute Gasteiger partial charge is 0.193 e. The number of guanidine groups is 1. The van der Waals surface area contributed by atoms with E-state index >= 15 is 0 Å². The van der Waals surface area contributed by atoms with Crippen LogP contribution in [0.25, 0.3) is 0 Å². The maximum absolute atomic E-state index is 6.09. The summed E-state index contributed by atoms with van der Waals surface area (Å²) in [6.07, 6.45) is 10.5. The first kappa shape index (κ1) is 19.2. The van der Waals surface area contributed by atoms with E-state index in [-0.39, 0.29) is 24.0 Å². The highest BCUT2D eigenvalue weighted by Gasteiger charge is 2.26. The molecule has 1 unspecified atom stereocenters. The molecule has 0 radical (unpaired) electrons. The normalized spacial score (nSPS) is 27.3. The van der Waals surface area contributed by atoms with Gasteiger partial charge in [-0.15, -0.1) is 24.0 Å². The SMILES string of the molecule is CN=C(NC1CCC1)N1CCC(OCC2CCCCO2)CC1.I. The molecule has 2 saturated heterocycles. The molecule has 0 bridgehead atoms. The number of nitrogens with zero attached hydrogens (tertiary/aromatic N) is 2. The van der Waals surface area contributed by atoms with Crippen LogP contribution >= 0.6 is 24.0 Å². The van der Waals surface area contributed by atoms with Crippen LogP contribution in [-0.2, 0) is 9.47 Å². The Balaban J connectivity index is 0.00000192. The lowest BCUT2D eigenvalue weighted by molar-refractivity contribution is -0.0721. The fourth-order valence-corrected chi connectivity index (χ4v) is 3.45. The summed E-state index contributed by atoms with van der Waals surface area (Å²) in [6.45, 7) is 3.78. The van der Waals surface area contributed by atoms with Crippen LogP contribution in [0.1, 0.15) is 51.4 Å². The minimum Gasteiger partial charge on any atom is -0.376 e. The summed E-state index contributed by atoms with van der Waals surface area (Å²) >= 11 is 0. The van der Waals surface area contributed by atoms with Crippen LogP contribution in [0.3, 0.4) is 0 Å². The second kappa shape index (κ2) is 10.0. The summed E-state index contributed by atoms with van der Waals surface area (Å²) in [7, 11) is 1.89. The molecule has 1 atom stereocenters. The molecule has 6 heteroatoms. The molecular formula is C17H32IN3O2. The van der Waals surface area contributed by atoms with Crippen molar-refractivity contribution in [2.24, 2.45) is 4.99 Å². The van der Waals surface area contributed by atoms with Gasteiger partial charge in [0.25, 0.3) is 0 Å². The molecule has 3 aliphatic rings. The molecule has 134 valence electrons. The molecule has 0 spiro atoms. The Hall–Kier alpha value is -0.0800. The maximum atomic E-state index is 6.09. The van der Waals surface area contributed by atoms with Gasteiger partial charge in [0.15, 0.2) is 5.96 Å². The van der Waals surface area contributed by atoms with Gasteiger partial charge in [-0.05, 0) is 51.4 Å². The number of nitrogens with one attached hydrogen (secondary N) is 1. The second-order valence-corrected chi connectivity index (χ2v) is 6.83. The van der Waals surface area contributed by atoms with E-state index in [1.165, 1.54) is 32.1 Å². The monoisotopic (exact) mass is 437 g/mol. The summed E-state index contributed by atoms with van der Waals surface area (Å²) in [4.78, 5) is 6.83. The Morgan fingerprint density at radius 2 is 1.91 bits per heavy atom. The summed E-state index contributed by atoms with van der Waals surface area (Å²) in [5.74, 6) is 1.08. The summed E-state index contributed by atoms with van der Waals surface area (Å²) in [6, 6.07) is 0.649. The van der Waals surface area contributed by atoms with Crippen LogP contribution < -0.4 is 5.32 Å². The molecule has 3 rings (SSSR count). The molecule has 2 heterocycles. The van der Waals surface area contributed by atoms with Gasteiger partial charge in [0.05, 0.1) is 18.8 Å². The Morgan fingerprint density at radius 3 is 2.48 bits per heavy atom. The molecule has 0 aromatic rings. The fourth-order valence-electron chi connectivity index (χ4n) is 3.45. The third kappa shape index (κ3) is 5.74. The van der Waals surface area contributed by atoms with Crippen molar-refractivity contribution in [1.29, 1.82) is 0 Å². The van der Waals surface area contributed by atoms with Crippen LogP contribution in [0.15, 0.2) is 4.99 Å². The number of hydrogen-bond acceptors (Lipinski definition) is 3. The Labute approximate surface area is 157 Å². The quantitative estimate of drug-likeness (QED) is 0.418. The van der Waals surface area contributed by atoms with Crippen LogP contribution in [0, 0.1) is 0 Å². The number of halogens is 1. The highest BCUT2D eigenvalue weighted by molar-refractivity contribution is 14.0. The summed E-state index contributed by atoms with van der Waals surface area (Å²) < 4.78 is 11.8. The minimum absolute atomic E-state index is 0. The molecule has 0 amide bonds. The second-order valence-electron chi connectivity index (χ2n) is 6.83. The molecule has 3 fully saturated rings. The van der Waals surface area contributed by atoms with Gasteiger partial charge in [-0.25, -0.2) is 0 Å². The third-order valence-electron chi connectivity index (χ3n) is 5.18. The third-order valence-corrected chi connectivity index (χ3v) is 5.18. The van der Waals surface area contributed by atoms with Crippen molar-refractivity contribution in [2.45, 2.75) is 69.6 Å². The number of rotatable bonds is 4. The van der Waals surface area contributed by atoms with E-state index < -0.39 is 0 Å². The zero-order valence-electron chi connectivity index (χ0n) is 14.3. The molecule has 0 aromatic carbocycles. The van der Waals surface area contributed by atoms with Crippen molar-refractivity contribution >= 4 is 29.9 Å². The molecule has 1 aliphatic carbocycles. The van der Waals surface area contributed by atoms with Crippen LogP contribution in [0.2, 0.25) is 0 Å². The van der Waals surface area contributed by atoms with E-state index in [0.717, 1.165) is 51.5 Å². The van der Waals surface area contributed by atoms with Gasteiger partial charge in [0, 0.05) is 32.8 Å². The van der Waals surface area contributed by atoms with E-state index in [4.69, 9.17) is 9.47 Å². The van der Waals surface area contributed by atoms with Crippen molar-refractivity contribution in [2.75, 3.05) is 33.4 Å². The lowest BCUT2D eigenvalue weighted by atomic mass is 9.93. The Kier molecular flexibility index (Phi) is 8.40. The number of aliphatic imine (C=N–C) groups is 1. The van der Waals surface area contributed by atoms with E-state index in [1.807, 2.05) is 7.05 Å². The molecule has 23 heavy (non-hydrogen) atoms. The van der Waals surface area contributed by atoms with Gasteiger partial charge in [0.1, 0.15) is 0 Å². The summed E-state index contributed by atoms with van der Waals surface area (Å²) in [5, 5.41) is 3.59. The van der Waals surface area contributed by atoms with Crippen molar-refractivity contribution in [3.05, 3.63) is 0 Å². The van der Waals surface area contributed by atoms with Crippen molar-refractivity contribution in [3.8, 4) is 0 Å². The van der Waals surface area contributed by atoms with Crippen LogP contribution in [-0.4, -0.2) is 62.5 Å². The lowest BCUT2D eigenvalue weighted by Crippen LogP contribution is -2.51. The van der Waals surface area contributed by atoms with E-state index in [0.29, 0.717) is 18.2 Å². The van der Waals surface area contributed by atoms with Gasteiger partial charge in [0.2, 0.25) is 0 Å². The van der Waals surface area contributed by atoms with E-state index in [2.05, 4.69) is 15.2 Å². The highest BCUT2D eigenvalue weighted by atomic mass is 127. The highest BCUT2D eigenvalue weighted by Crippen LogP contribution is 2.20. The molecule has 1 N–H and O–H groups in total. The zero-order valence-corrected chi connectivity index (χ0v) is 16.7. The number of piperidine rings is 1. The van der Waals surface area contributed by atoms with Gasteiger partial charge < -0.3 is 19.7 Å². The largest absolute Gasteiger partial charge is 0.376 e. The number of hydrogen-bond donors (Lipinski definition) is 1. The average Bonchev–Trinajstić information content (AvgIpc) is 2.54. The maximum Gasteiger partial charge on any atom is 0.193 e. The molecule has 1 saturated carbocycles. The first-order valence-electron chi connectivity index (χ1n) is 9.06. The Bertz CT molecular complexity index is 363. The molecule has 5 nitrogen and oxygen atoms in total. The standard InChI is InChI=1S/C17H31N3O2.HI/c1-18-17(19-14-5-4-6-14)20-10-8-15(9-11-20)22-13-16-7-2-3-12-21-16;/h14-16H,2-13H2,1H3,(H,18,19);1H. The van der Waals surface area contributed by atoms with Crippen LogP contribution in [0.5, 0.6) is 0 Å². The molecular weight excluding hydrogens is 405 g/mol. The van der Waals surface area contributed by atoms with Crippen molar-refractivity contribution in [1.82, 2.24) is 10.2 Å². The van der Waals surface area contributed by atoms with Gasteiger partial charge in [-0.3, -0.25) is 4.99 Å². The first-order valence-corrected chi connectivity index (χ1v) is 9.06. The van der Waals surface area contributed by atoms with Crippen LogP contribution in [0.4, 0.5) is 0 Å². The summed E-state index contributed by atoms with van der Waals surface area (Å²) in [5.41, 5.74) is 0. The number of ether oxygens (including phenoxy) is 2. The first-order chi connectivity index (χ1) is 10.8. The fraction of sp³-hybridized carbons (Fsp3) is 0.941.